The van der Waals surface area contributed by atoms with Gasteiger partial charge in [-0.05, 0) is 109 Å². The lowest BCUT2D eigenvalue weighted by Crippen LogP contribution is -2.62. The Labute approximate surface area is 602 Å². The second-order valence-electron chi connectivity index (χ2n) is 24.3. The maximum atomic E-state index is 14.7. The zero-order valence-electron chi connectivity index (χ0n) is 57.3. The molecule has 0 aliphatic carbocycles. The molecule has 0 bridgehead atoms. The van der Waals surface area contributed by atoms with Crippen molar-refractivity contribution in [3.05, 3.63) is 71.8 Å². The van der Waals surface area contributed by atoms with Gasteiger partial charge >= 0.3 is 17.9 Å². The maximum Gasteiger partial charge on any atom is 0.327 e. The standard InChI is InChI=1S/C64H98N18O19S2/c1-34-52(89)73-42(21-24-48(68)84)58(95)79-45(30-36-14-5-3-6-15-36)60(97)76-41(20-13-29-71-64(69)70)56(93)74-39(18-9-11-27-65)54(91)77-43(22-25-49(85)86)57(94)75-40(19-10-12-28-66)55(92)78-44(23-26-50(87)88)59(96)82-51(35(2)83)62(99)80-46(31-37-16-7-4-8-17-37)61(98)81-47(63(100)101)33-103-102-32-38(67)53(90)72-34/h3-8,14-17,34-35,38-47,51,83H,9-13,18-33,65-67H2,1-2H3,(H2,68,84)(H,72,90)(H,73,89)(H,74,93)(H,75,94)(H,76,97)(H,77,91)(H,78,92)(H,79,95)(H,80,99)(H,81,98)(H,82,96)(H,85,86)(H,87,88)(H,100,101)(H4,69,70,71). The number of carbonyl (C=O) groups excluding carboxylic acids is 12. The number of nitrogens with two attached hydrogens (primary N) is 6. The average molecular weight is 1490 g/mol. The van der Waals surface area contributed by atoms with E-state index in [4.69, 9.17) is 34.4 Å². The van der Waals surface area contributed by atoms with Crippen LogP contribution in [0, 0.1) is 0 Å². The highest BCUT2D eigenvalue weighted by atomic mass is 33.1. The highest BCUT2D eigenvalue weighted by Crippen LogP contribution is 2.23. The van der Waals surface area contributed by atoms with Crippen molar-refractivity contribution in [2.24, 2.45) is 39.4 Å². The summed E-state index contributed by atoms with van der Waals surface area (Å²) in [5, 5.41) is 67.9. The van der Waals surface area contributed by atoms with Gasteiger partial charge < -0.3 is 113 Å². The highest BCUT2D eigenvalue weighted by Gasteiger charge is 2.38. The summed E-state index contributed by atoms with van der Waals surface area (Å²) in [6.45, 7) is 2.42. The smallest absolute Gasteiger partial charge is 0.327 e. The van der Waals surface area contributed by atoms with Crippen LogP contribution in [0.25, 0.3) is 0 Å². The second kappa shape index (κ2) is 46.7. The number of aliphatic hydroxyl groups is 1. The van der Waals surface area contributed by atoms with Crippen LogP contribution in [-0.2, 0) is 84.8 Å². The number of carbonyl (C=O) groups is 15. The largest absolute Gasteiger partial charge is 0.481 e. The van der Waals surface area contributed by atoms with E-state index in [0.29, 0.717) is 11.1 Å². The van der Waals surface area contributed by atoms with Crippen molar-refractivity contribution >= 4 is 116 Å². The summed E-state index contributed by atoms with van der Waals surface area (Å²) in [6, 6.07) is -3.57. The quantitative estimate of drug-likeness (QED) is 0.0172. The van der Waals surface area contributed by atoms with Gasteiger partial charge in [0.25, 0.3) is 0 Å². The van der Waals surface area contributed by atoms with Gasteiger partial charge in [-0.3, -0.25) is 72.1 Å². The highest BCUT2D eigenvalue weighted by molar-refractivity contribution is 8.76. The molecular weight excluding hydrogens is 1390 g/mol. The molecule has 0 saturated carbocycles. The Hall–Kier alpha value is -9.70. The number of rotatable bonds is 27. The molecule has 1 aliphatic heterocycles. The molecule has 1 heterocycles. The van der Waals surface area contributed by atoms with Gasteiger partial charge in [0.2, 0.25) is 70.9 Å². The number of nitrogens with zero attached hydrogens (tertiary/aromatic N) is 1. The number of unbranched alkanes of at least 4 members (excludes halogenated alkanes) is 2. The molecule has 3 rings (SSSR count). The molecule has 2 aromatic carbocycles. The number of carboxylic acids is 3. The van der Waals surface area contributed by atoms with Crippen LogP contribution >= 0.6 is 21.6 Å². The summed E-state index contributed by atoms with van der Waals surface area (Å²) >= 11 is 0. The number of hydrogen-bond acceptors (Lipinski definition) is 22. The van der Waals surface area contributed by atoms with E-state index in [0.717, 1.165) is 28.5 Å². The molecule has 2 aromatic rings. The number of nitrogens with one attached hydrogen (secondary N) is 11. The summed E-state index contributed by atoms with van der Waals surface area (Å²) in [5.41, 5.74) is 35.3. The molecule has 0 radical (unpaired) electrons. The molecule has 1 aliphatic rings. The topological polar surface area (TPSA) is 638 Å². The first-order chi connectivity index (χ1) is 48.8. The van der Waals surface area contributed by atoms with Crippen molar-refractivity contribution in [2.75, 3.05) is 31.1 Å². The third-order valence-electron chi connectivity index (χ3n) is 15.8. The van der Waals surface area contributed by atoms with Gasteiger partial charge in [0.15, 0.2) is 5.96 Å². The maximum absolute atomic E-state index is 14.7. The Morgan fingerprint density at radius 2 is 0.816 bits per heavy atom. The van der Waals surface area contributed by atoms with E-state index in [1.54, 1.807) is 60.7 Å². The van der Waals surface area contributed by atoms with E-state index in [1.165, 1.54) is 6.92 Å². The fourth-order valence-corrected chi connectivity index (χ4v) is 12.3. The lowest BCUT2D eigenvalue weighted by molar-refractivity contribution is -0.142. The number of aliphatic imine (C=N–C) groups is 1. The summed E-state index contributed by atoms with van der Waals surface area (Å²) in [5.74, 6) is -18.1. The van der Waals surface area contributed by atoms with Gasteiger partial charge in [-0.25, -0.2) is 4.79 Å². The minimum Gasteiger partial charge on any atom is -0.481 e. The van der Waals surface area contributed by atoms with Crippen molar-refractivity contribution in [1.82, 2.24) is 58.5 Å². The lowest BCUT2D eigenvalue weighted by Gasteiger charge is -2.29. The summed E-state index contributed by atoms with van der Waals surface area (Å²) in [4.78, 5) is 210. The normalized spacial score (nSPS) is 24.5. The number of aliphatic carboxylic acids is 3. The number of carboxylic acid groups (broad SMARTS) is 3. The number of guanidine groups is 1. The molecular formula is C64H98N18O19S2. The van der Waals surface area contributed by atoms with E-state index in [1.807, 2.05) is 0 Å². The van der Waals surface area contributed by atoms with E-state index in [-0.39, 0.29) is 101 Å². The Bertz CT molecular complexity index is 3230. The molecule has 0 spiro atoms. The third kappa shape index (κ3) is 33.8. The van der Waals surface area contributed by atoms with Crippen LogP contribution in [0.15, 0.2) is 65.7 Å². The van der Waals surface area contributed by atoms with Crippen LogP contribution < -0.4 is 92.9 Å². The molecule has 0 aromatic heterocycles. The molecule has 39 heteroatoms. The molecule has 37 nitrogen and oxygen atoms in total. The van der Waals surface area contributed by atoms with Crippen LogP contribution in [0.5, 0.6) is 0 Å². The van der Waals surface area contributed by atoms with Crippen LogP contribution in [0.1, 0.15) is 115 Å². The predicted molar refractivity (Wildman–Crippen MR) is 377 cm³/mol. The zero-order valence-corrected chi connectivity index (χ0v) is 58.9. The Morgan fingerprint density at radius 1 is 0.456 bits per heavy atom. The lowest BCUT2D eigenvalue weighted by atomic mass is 10.0. The molecule has 1 saturated heterocycles. The van der Waals surface area contributed by atoms with Gasteiger partial charge in [-0.2, -0.15) is 0 Å². The number of amides is 12. The van der Waals surface area contributed by atoms with Crippen molar-refractivity contribution in [1.29, 1.82) is 0 Å². The first kappa shape index (κ1) is 87.5. The van der Waals surface area contributed by atoms with Gasteiger partial charge in [0, 0.05) is 50.2 Å². The molecule has 13 atom stereocenters. The van der Waals surface area contributed by atoms with Crippen molar-refractivity contribution in [2.45, 2.75) is 195 Å². The van der Waals surface area contributed by atoms with Crippen molar-refractivity contribution in [3.8, 4) is 0 Å². The number of primary amides is 1. The molecule has 13 unspecified atom stereocenters. The first-order valence-electron chi connectivity index (χ1n) is 33.3. The summed E-state index contributed by atoms with van der Waals surface area (Å²) < 4.78 is 0. The van der Waals surface area contributed by atoms with Crippen LogP contribution in [0.3, 0.4) is 0 Å². The Balaban J connectivity index is 2.27. The number of hydrogen-bond donors (Lipinski definition) is 21. The minimum atomic E-state index is -1.97. The van der Waals surface area contributed by atoms with E-state index in [9.17, 15) is 92.3 Å². The minimum absolute atomic E-state index is 0.000687. The van der Waals surface area contributed by atoms with Crippen molar-refractivity contribution < 1.29 is 92.3 Å². The van der Waals surface area contributed by atoms with Gasteiger partial charge in [0.1, 0.15) is 66.5 Å². The zero-order chi connectivity index (χ0) is 76.7. The van der Waals surface area contributed by atoms with Gasteiger partial charge in [-0.1, -0.05) is 82.3 Å². The molecule has 570 valence electrons. The second-order valence-corrected chi connectivity index (χ2v) is 26.8. The van der Waals surface area contributed by atoms with Gasteiger partial charge in [-0.15, -0.1) is 0 Å². The van der Waals surface area contributed by atoms with Crippen LogP contribution in [0.2, 0.25) is 0 Å². The molecule has 1 fully saturated rings. The molecule has 12 amide bonds. The third-order valence-corrected chi connectivity index (χ3v) is 18.2. The van der Waals surface area contributed by atoms with Crippen molar-refractivity contribution in [3.63, 3.8) is 0 Å². The fourth-order valence-electron chi connectivity index (χ4n) is 10.0. The van der Waals surface area contributed by atoms with E-state index in [2.05, 4.69) is 63.5 Å². The van der Waals surface area contributed by atoms with Gasteiger partial charge in [0.05, 0.1) is 12.1 Å². The molecule has 27 N–H and O–H groups in total. The summed E-state index contributed by atoms with van der Waals surface area (Å²) in [6.07, 6.45) is -6.00. The summed E-state index contributed by atoms with van der Waals surface area (Å²) in [7, 11) is 1.76. The number of benzene rings is 2. The Morgan fingerprint density at radius 3 is 1.21 bits per heavy atom. The fraction of sp³-hybridized carbons (Fsp3) is 0.562. The van der Waals surface area contributed by atoms with E-state index >= 15 is 0 Å². The Kier molecular flexibility index (Phi) is 39.7. The SMILES string of the molecule is CC1NC(=O)C(N)CSSCC(C(=O)O)NC(=O)C(Cc2ccccc2)NC(=O)C(C(C)O)NC(=O)C(CCC(=O)O)NC(=O)C(CCCCN)NC(=O)C(CCC(=O)O)NC(=O)C(CCCCN)NC(=O)C(CCCN=C(N)N)NC(=O)C(Cc2ccccc2)NC(=O)C(CCC(N)=O)NC1=O. The van der Waals surface area contributed by atoms with Crippen LogP contribution in [0.4, 0.5) is 0 Å². The monoisotopic (exact) mass is 1490 g/mol. The average Bonchev–Trinajstić information content (AvgIpc) is 0.859. The van der Waals surface area contributed by atoms with Crippen LogP contribution in [-0.4, -0.2) is 225 Å². The predicted octanol–water partition coefficient (Wildman–Crippen LogP) is -5.68. The molecule has 103 heavy (non-hydrogen) atoms. The number of aliphatic hydroxyl groups excluding tert-OH is 1. The first-order valence-corrected chi connectivity index (χ1v) is 35.8. The van der Waals surface area contributed by atoms with E-state index < -0.39 is 206 Å².